The Hall–Kier alpha value is -3.66. The van der Waals surface area contributed by atoms with Crippen LogP contribution in [0.15, 0.2) is 70.4 Å². The van der Waals surface area contributed by atoms with Crippen LogP contribution in [-0.2, 0) is 24.1 Å². The topological polar surface area (TPSA) is 82.3 Å². The van der Waals surface area contributed by atoms with Gasteiger partial charge in [0.15, 0.2) is 17.4 Å². The summed E-state index contributed by atoms with van der Waals surface area (Å²) in [5, 5.41) is 0. The molecule has 3 aromatic carbocycles. The van der Waals surface area contributed by atoms with Crippen LogP contribution in [-0.4, -0.2) is 17.6 Å². The molecule has 1 N–H and O–H groups in total. The van der Waals surface area contributed by atoms with E-state index in [1.165, 1.54) is 21.3 Å². The van der Waals surface area contributed by atoms with Gasteiger partial charge in [-0.05, 0) is 36.4 Å². The molecule has 4 aromatic rings. The number of aryl methyl sites for hydroxylation is 2. The Morgan fingerprint density at radius 1 is 0.871 bits per heavy atom. The quantitative estimate of drug-likeness (QED) is 0.507. The smallest absolute Gasteiger partial charge is 0.328 e. The van der Waals surface area contributed by atoms with E-state index in [9.17, 15) is 22.0 Å². The summed E-state index contributed by atoms with van der Waals surface area (Å²) in [6, 6.07) is 13.9. The maximum Gasteiger partial charge on any atom is 0.328 e. The van der Waals surface area contributed by atoms with Crippen molar-refractivity contribution in [2.45, 2.75) is 4.90 Å². The molecule has 160 valence electrons. The highest BCUT2D eigenvalue weighted by Crippen LogP contribution is 2.35. The number of nitrogens with one attached hydrogen (secondary N) is 1. The number of hydrogen-bond donors (Lipinski definition) is 1. The van der Waals surface area contributed by atoms with Gasteiger partial charge in [-0.15, -0.1) is 0 Å². The van der Waals surface area contributed by atoms with Crippen LogP contribution in [0.25, 0.3) is 11.0 Å². The van der Waals surface area contributed by atoms with Crippen molar-refractivity contribution in [3.05, 3.63) is 82.8 Å². The van der Waals surface area contributed by atoms with E-state index < -0.39 is 26.6 Å². The Bertz CT molecular complexity index is 1460. The van der Waals surface area contributed by atoms with Crippen molar-refractivity contribution in [1.82, 2.24) is 9.13 Å². The number of anilines is 1. The lowest BCUT2D eigenvalue weighted by molar-refractivity contribution is 0.485. The molecule has 0 aliphatic heterocycles. The van der Waals surface area contributed by atoms with Gasteiger partial charge in [-0.25, -0.2) is 22.0 Å². The maximum absolute atomic E-state index is 13.6. The van der Waals surface area contributed by atoms with Gasteiger partial charge < -0.3 is 4.74 Å². The van der Waals surface area contributed by atoms with Gasteiger partial charge in [0.1, 0.15) is 5.75 Å². The molecule has 0 amide bonds. The van der Waals surface area contributed by atoms with Crippen molar-refractivity contribution in [1.29, 1.82) is 0 Å². The summed E-state index contributed by atoms with van der Waals surface area (Å²) in [6.45, 7) is 0. The molecular formula is C21H17F2N3O4S. The Morgan fingerprint density at radius 2 is 1.52 bits per heavy atom. The zero-order valence-corrected chi connectivity index (χ0v) is 17.3. The minimum Gasteiger partial charge on any atom is -0.455 e. The molecule has 0 aliphatic carbocycles. The molecule has 0 saturated heterocycles. The van der Waals surface area contributed by atoms with E-state index in [2.05, 4.69) is 4.72 Å². The Morgan fingerprint density at radius 3 is 2.16 bits per heavy atom. The second kappa shape index (κ2) is 7.55. The lowest BCUT2D eigenvalue weighted by Crippen LogP contribution is -2.19. The second-order valence-electron chi connectivity index (χ2n) is 6.83. The fourth-order valence-corrected chi connectivity index (χ4v) is 4.23. The number of benzene rings is 3. The number of halogens is 2. The third kappa shape index (κ3) is 3.77. The molecule has 4 rings (SSSR count). The standard InChI is InChI=1S/C21H17F2N3O4S/c1-25-18-11-17(24-31(28,29)14-8-9-15(22)16(23)10-14)20(12-19(18)26(2)21(25)27)30-13-6-4-3-5-7-13/h3-12,24H,1-2H3. The average Bonchev–Trinajstić information content (AvgIpc) is 2.94. The normalized spacial score (nSPS) is 11.6. The molecule has 1 aromatic heterocycles. The minimum atomic E-state index is -4.28. The summed E-state index contributed by atoms with van der Waals surface area (Å²) >= 11 is 0. The Kier molecular flexibility index (Phi) is 5.02. The predicted molar refractivity (Wildman–Crippen MR) is 112 cm³/mol. The predicted octanol–water partition coefficient (Wildman–Crippen LogP) is 3.75. The number of imidazole rings is 1. The molecule has 10 heteroatoms. The average molecular weight is 445 g/mol. The molecule has 0 atom stereocenters. The van der Waals surface area contributed by atoms with Crippen LogP contribution >= 0.6 is 0 Å². The second-order valence-corrected chi connectivity index (χ2v) is 8.52. The van der Waals surface area contributed by atoms with Crippen LogP contribution in [0.5, 0.6) is 11.5 Å². The summed E-state index contributed by atoms with van der Waals surface area (Å²) in [5.41, 5.74) is 0.702. The fourth-order valence-electron chi connectivity index (χ4n) is 3.15. The molecule has 1 heterocycles. The monoisotopic (exact) mass is 445 g/mol. The number of fused-ring (bicyclic) bond motifs is 1. The van der Waals surface area contributed by atoms with Gasteiger partial charge in [-0.1, -0.05) is 18.2 Å². The Labute approximate surface area is 176 Å². The first-order valence-corrected chi connectivity index (χ1v) is 10.6. The summed E-state index contributed by atoms with van der Waals surface area (Å²) in [5.74, 6) is -1.88. The molecule has 31 heavy (non-hydrogen) atoms. The van der Waals surface area contributed by atoms with Gasteiger partial charge in [-0.3, -0.25) is 13.9 Å². The summed E-state index contributed by atoms with van der Waals surface area (Å²) in [6.07, 6.45) is 0. The van der Waals surface area contributed by atoms with Crippen molar-refractivity contribution in [3.8, 4) is 11.5 Å². The van der Waals surface area contributed by atoms with E-state index in [-0.39, 0.29) is 17.1 Å². The van der Waals surface area contributed by atoms with Crippen LogP contribution in [0.3, 0.4) is 0 Å². The number of hydrogen-bond acceptors (Lipinski definition) is 4. The van der Waals surface area contributed by atoms with Crippen LogP contribution < -0.4 is 15.1 Å². The van der Waals surface area contributed by atoms with Gasteiger partial charge >= 0.3 is 5.69 Å². The number of nitrogens with zero attached hydrogens (tertiary/aromatic N) is 2. The molecule has 0 unspecified atom stereocenters. The number of ether oxygens (including phenoxy) is 1. The summed E-state index contributed by atoms with van der Waals surface area (Å²) in [4.78, 5) is 11.9. The van der Waals surface area contributed by atoms with Crippen molar-refractivity contribution in [3.63, 3.8) is 0 Å². The van der Waals surface area contributed by atoms with Crippen LogP contribution in [0.1, 0.15) is 0 Å². The van der Waals surface area contributed by atoms with Gasteiger partial charge in [0, 0.05) is 20.2 Å². The van der Waals surface area contributed by atoms with E-state index in [0.29, 0.717) is 22.8 Å². The number of aromatic nitrogens is 2. The summed E-state index contributed by atoms with van der Waals surface area (Å²) in [7, 11) is -1.15. The molecule has 0 bridgehead atoms. The van der Waals surface area contributed by atoms with Gasteiger partial charge in [0.05, 0.1) is 21.6 Å². The maximum atomic E-state index is 13.6. The van der Waals surface area contributed by atoms with Crippen LogP contribution in [0, 0.1) is 11.6 Å². The molecule has 7 nitrogen and oxygen atoms in total. The lowest BCUT2D eigenvalue weighted by atomic mass is 10.2. The zero-order valence-electron chi connectivity index (χ0n) is 16.5. The third-order valence-electron chi connectivity index (χ3n) is 4.79. The molecule has 0 fully saturated rings. The Balaban J connectivity index is 1.86. The SMILES string of the molecule is Cn1c(=O)n(C)c2cc(Oc3ccccc3)c(NS(=O)(=O)c3ccc(F)c(F)c3)cc21. The lowest BCUT2D eigenvalue weighted by Gasteiger charge is -2.15. The van der Waals surface area contributed by atoms with Crippen molar-refractivity contribution < 1.29 is 21.9 Å². The minimum absolute atomic E-state index is 0.0299. The molecule has 0 radical (unpaired) electrons. The van der Waals surface area contributed by atoms with E-state index in [1.54, 1.807) is 44.4 Å². The number of rotatable bonds is 5. The molecule has 0 saturated carbocycles. The molecule has 0 spiro atoms. The van der Waals surface area contributed by atoms with Gasteiger partial charge in [0.25, 0.3) is 10.0 Å². The van der Waals surface area contributed by atoms with E-state index in [0.717, 1.165) is 12.1 Å². The molecule has 0 aliphatic rings. The largest absolute Gasteiger partial charge is 0.455 e. The van der Waals surface area contributed by atoms with Crippen LogP contribution in [0.2, 0.25) is 0 Å². The van der Waals surface area contributed by atoms with Crippen molar-refractivity contribution in [2.24, 2.45) is 14.1 Å². The highest BCUT2D eigenvalue weighted by atomic mass is 32.2. The first-order chi connectivity index (χ1) is 14.7. The van der Waals surface area contributed by atoms with E-state index in [4.69, 9.17) is 4.74 Å². The highest BCUT2D eigenvalue weighted by Gasteiger charge is 2.21. The van der Waals surface area contributed by atoms with Crippen LogP contribution in [0.4, 0.5) is 14.5 Å². The fraction of sp³-hybridized carbons (Fsp3) is 0.0952. The molecular weight excluding hydrogens is 428 g/mol. The zero-order chi connectivity index (χ0) is 22.3. The summed E-state index contributed by atoms with van der Waals surface area (Å²) < 4.78 is 63.5. The first kappa shape index (κ1) is 20.6. The van der Waals surface area contributed by atoms with Gasteiger partial charge in [0.2, 0.25) is 0 Å². The van der Waals surface area contributed by atoms with Crippen molar-refractivity contribution in [2.75, 3.05) is 4.72 Å². The number of para-hydroxylation sites is 1. The van der Waals surface area contributed by atoms with Crippen molar-refractivity contribution >= 4 is 26.7 Å². The number of sulfonamides is 1. The van der Waals surface area contributed by atoms with E-state index in [1.807, 2.05) is 0 Å². The third-order valence-corrected chi connectivity index (χ3v) is 6.15. The first-order valence-electron chi connectivity index (χ1n) is 9.07. The van der Waals surface area contributed by atoms with Gasteiger partial charge in [-0.2, -0.15) is 0 Å². The van der Waals surface area contributed by atoms with E-state index >= 15 is 0 Å². The highest BCUT2D eigenvalue weighted by molar-refractivity contribution is 7.92.